The van der Waals surface area contributed by atoms with Gasteiger partial charge in [0.25, 0.3) is 0 Å². The van der Waals surface area contributed by atoms with Crippen LogP contribution in [0.3, 0.4) is 0 Å². The number of aryl methyl sites for hydroxylation is 1. The zero-order valence-corrected chi connectivity index (χ0v) is 10.3. The molecule has 0 radical (unpaired) electrons. The van der Waals surface area contributed by atoms with Crippen molar-refractivity contribution in [2.75, 3.05) is 6.54 Å². The van der Waals surface area contributed by atoms with Gasteiger partial charge in [0.1, 0.15) is 0 Å². The number of thiazole rings is 1. The fourth-order valence-corrected chi connectivity index (χ4v) is 2.96. The van der Waals surface area contributed by atoms with Gasteiger partial charge in [-0.05, 0) is 31.7 Å². The van der Waals surface area contributed by atoms with Gasteiger partial charge in [-0.25, -0.2) is 4.98 Å². The second-order valence-electron chi connectivity index (χ2n) is 4.37. The number of hydrogen-bond donors (Lipinski definition) is 1. The minimum absolute atomic E-state index is 0.925. The molecule has 0 amide bonds. The standard InChI is InChI=1S/C12H20N2S/c1-2-12-14-11(9-15-12)8-13-7-10-5-3-4-6-10/h9-10,13H,2-8H2,1H3. The predicted octanol–water partition coefficient (Wildman–Crippen LogP) is 2.99. The average Bonchev–Trinajstić information content (AvgIpc) is 2.88. The van der Waals surface area contributed by atoms with Crippen molar-refractivity contribution < 1.29 is 0 Å². The van der Waals surface area contributed by atoms with Crippen molar-refractivity contribution in [1.82, 2.24) is 10.3 Å². The zero-order valence-electron chi connectivity index (χ0n) is 9.46. The van der Waals surface area contributed by atoms with Crippen LogP contribution >= 0.6 is 11.3 Å². The Labute approximate surface area is 96.1 Å². The van der Waals surface area contributed by atoms with E-state index in [1.54, 1.807) is 11.3 Å². The maximum Gasteiger partial charge on any atom is 0.0926 e. The number of nitrogens with one attached hydrogen (secondary N) is 1. The molecule has 1 aromatic rings. The lowest BCUT2D eigenvalue weighted by Gasteiger charge is -2.08. The SMILES string of the molecule is CCc1nc(CNCC2CCCC2)cs1. The number of hydrogen-bond acceptors (Lipinski definition) is 3. The van der Waals surface area contributed by atoms with Gasteiger partial charge in [-0.3, -0.25) is 0 Å². The van der Waals surface area contributed by atoms with Crippen LogP contribution in [0.15, 0.2) is 5.38 Å². The molecular weight excluding hydrogens is 204 g/mol. The van der Waals surface area contributed by atoms with Gasteiger partial charge in [-0.1, -0.05) is 19.8 Å². The Morgan fingerprint density at radius 3 is 2.93 bits per heavy atom. The smallest absolute Gasteiger partial charge is 0.0926 e. The maximum atomic E-state index is 4.55. The number of nitrogens with zero attached hydrogens (tertiary/aromatic N) is 1. The molecule has 2 nitrogen and oxygen atoms in total. The predicted molar refractivity (Wildman–Crippen MR) is 65.2 cm³/mol. The molecule has 1 saturated carbocycles. The monoisotopic (exact) mass is 224 g/mol. The summed E-state index contributed by atoms with van der Waals surface area (Å²) in [6.07, 6.45) is 6.77. The molecule has 84 valence electrons. The molecule has 1 aliphatic rings. The summed E-state index contributed by atoms with van der Waals surface area (Å²) in [5.41, 5.74) is 1.22. The van der Waals surface area contributed by atoms with Crippen LogP contribution in [0.1, 0.15) is 43.3 Å². The topological polar surface area (TPSA) is 24.9 Å². The van der Waals surface area contributed by atoms with Crippen LogP contribution in [0, 0.1) is 5.92 Å². The highest BCUT2D eigenvalue weighted by atomic mass is 32.1. The molecule has 0 spiro atoms. The Morgan fingerprint density at radius 1 is 1.47 bits per heavy atom. The van der Waals surface area contributed by atoms with Gasteiger partial charge in [-0.2, -0.15) is 0 Å². The molecule has 15 heavy (non-hydrogen) atoms. The van der Waals surface area contributed by atoms with E-state index in [-0.39, 0.29) is 0 Å². The van der Waals surface area contributed by atoms with Crippen LogP contribution < -0.4 is 5.32 Å². The number of aromatic nitrogens is 1. The average molecular weight is 224 g/mol. The lowest BCUT2D eigenvalue weighted by atomic mass is 10.1. The van der Waals surface area contributed by atoms with Crippen LogP contribution in [0.25, 0.3) is 0 Å². The molecule has 0 saturated heterocycles. The number of rotatable bonds is 5. The molecule has 0 bridgehead atoms. The van der Waals surface area contributed by atoms with E-state index in [4.69, 9.17) is 0 Å². The summed E-state index contributed by atoms with van der Waals surface area (Å²) >= 11 is 1.78. The zero-order chi connectivity index (χ0) is 10.5. The highest BCUT2D eigenvalue weighted by Gasteiger charge is 2.14. The van der Waals surface area contributed by atoms with Crippen molar-refractivity contribution in [3.8, 4) is 0 Å². The van der Waals surface area contributed by atoms with Gasteiger partial charge in [-0.15, -0.1) is 11.3 Å². The van der Waals surface area contributed by atoms with Gasteiger partial charge in [0.2, 0.25) is 0 Å². The van der Waals surface area contributed by atoms with Crippen LogP contribution in [0.2, 0.25) is 0 Å². The Bertz CT molecular complexity index is 290. The Morgan fingerprint density at radius 2 is 2.27 bits per heavy atom. The normalized spacial score (nSPS) is 17.4. The highest BCUT2D eigenvalue weighted by Crippen LogP contribution is 2.23. The molecule has 1 N–H and O–H groups in total. The minimum atomic E-state index is 0.925. The van der Waals surface area contributed by atoms with Gasteiger partial charge >= 0.3 is 0 Å². The summed E-state index contributed by atoms with van der Waals surface area (Å²) in [4.78, 5) is 4.55. The van der Waals surface area contributed by atoms with Crippen LogP contribution in [-0.4, -0.2) is 11.5 Å². The quantitative estimate of drug-likeness (QED) is 0.831. The van der Waals surface area contributed by atoms with E-state index in [2.05, 4.69) is 22.6 Å². The van der Waals surface area contributed by atoms with E-state index in [9.17, 15) is 0 Å². The van der Waals surface area contributed by atoms with Crippen LogP contribution in [0.5, 0.6) is 0 Å². The second kappa shape index (κ2) is 5.61. The first kappa shape index (κ1) is 11.1. The van der Waals surface area contributed by atoms with Gasteiger partial charge < -0.3 is 5.32 Å². The van der Waals surface area contributed by atoms with Gasteiger partial charge in [0.05, 0.1) is 10.7 Å². The lowest BCUT2D eigenvalue weighted by Crippen LogP contribution is -2.20. The van der Waals surface area contributed by atoms with E-state index in [0.29, 0.717) is 0 Å². The van der Waals surface area contributed by atoms with Gasteiger partial charge in [0, 0.05) is 11.9 Å². The van der Waals surface area contributed by atoms with E-state index < -0.39 is 0 Å². The van der Waals surface area contributed by atoms with Gasteiger partial charge in [0.15, 0.2) is 0 Å². The highest BCUT2D eigenvalue weighted by molar-refractivity contribution is 7.09. The molecule has 3 heteroatoms. The maximum absolute atomic E-state index is 4.55. The van der Waals surface area contributed by atoms with Crippen molar-refractivity contribution in [1.29, 1.82) is 0 Å². The van der Waals surface area contributed by atoms with Crippen LogP contribution in [0.4, 0.5) is 0 Å². The molecule has 1 heterocycles. The molecule has 0 aliphatic heterocycles. The third-order valence-corrected chi connectivity index (χ3v) is 4.16. The molecule has 2 rings (SSSR count). The molecule has 0 atom stereocenters. The molecule has 0 unspecified atom stereocenters. The van der Waals surface area contributed by atoms with E-state index in [1.165, 1.54) is 42.9 Å². The summed E-state index contributed by atoms with van der Waals surface area (Å²) in [5, 5.41) is 6.96. The molecule has 1 fully saturated rings. The first-order chi connectivity index (χ1) is 7.38. The summed E-state index contributed by atoms with van der Waals surface area (Å²) < 4.78 is 0. The fourth-order valence-electron chi connectivity index (χ4n) is 2.21. The Balaban J connectivity index is 1.68. The first-order valence-electron chi connectivity index (χ1n) is 6.02. The second-order valence-corrected chi connectivity index (χ2v) is 5.31. The Kier molecular flexibility index (Phi) is 4.15. The van der Waals surface area contributed by atoms with E-state index >= 15 is 0 Å². The van der Waals surface area contributed by atoms with Crippen molar-refractivity contribution in [3.63, 3.8) is 0 Å². The van der Waals surface area contributed by atoms with E-state index in [0.717, 1.165) is 18.9 Å². The minimum Gasteiger partial charge on any atom is -0.311 e. The summed E-state index contributed by atoms with van der Waals surface area (Å²) in [6.45, 7) is 4.29. The summed E-state index contributed by atoms with van der Waals surface area (Å²) in [7, 11) is 0. The third-order valence-electron chi connectivity index (χ3n) is 3.12. The van der Waals surface area contributed by atoms with Crippen LogP contribution in [-0.2, 0) is 13.0 Å². The summed E-state index contributed by atoms with van der Waals surface area (Å²) in [5.74, 6) is 0.925. The van der Waals surface area contributed by atoms with Crippen molar-refractivity contribution in [2.45, 2.75) is 45.6 Å². The molecule has 1 aliphatic carbocycles. The van der Waals surface area contributed by atoms with Crippen molar-refractivity contribution in [3.05, 3.63) is 16.1 Å². The fraction of sp³-hybridized carbons (Fsp3) is 0.750. The largest absolute Gasteiger partial charge is 0.311 e. The Hall–Kier alpha value is -0.410. The first-order valence-corrected chi connectivity index (χ1v) is 6.90. The molecular formula is C12H20N2S. The molecule has 0 aromatic carbocycles. The third kappa shape index (κ3) is 3.28. The van der Waals surface area contributed by atoms with Crippen molar-refractivity contribution in [2.24, 2.45) is 5.92 Å². The lowest BCUT2D eigenvalue weighted by molar-refractivity contribution is 0.487. The molecule has 1 aromatic heterocycles. The summed E-state index contributed by atoms with van der Waals surface area (Å²) in [6, 6.07) is 0. The van der Waals surface area contributed by atoms with E-state index in [1.807, 2.05) is 0 Å². The van der Waals surface area contributed by atoms with Crippen molar-refractivity contribution >= 4 is 11.3 Å².